The molecule has 1 saturated carbocycles. The van der Waals surface area contributed by atoms with E-state index in [1.807, 2.05) is 0 Å². The predicted molar refractivity (Wildman–Crippen MR) is 80.7 cm³/mol. The van der Waals surface area contributed by atoms with Crippen LogP contribution in [0.5, 0.6) is 0 Å². The van der Waals surface area contributed by atoms with E-state index < -0.39 is 0 Å². The van der Waals surface area contributed by atoms with Gasteiger partial charge in [-0.2, -0.15) is 0 Å². The zero-order chi connectivity index (χ0) is 12.7. The number of hydrogen-bond acceptors (Lipinski definition) is 0. The average Bonchev–Trinajstić information content (AvgIpc) is 2.83. The largest absolute Gasteiger partial charge is 0.319 e. The molecule has 0 N–H and O–H groups in total. The minimum atomic E-state index is 0.739. The smallest absolute Gasteiger partial charge is 0.0531 e. The normalized spacial score (nSPS) is 17.3. The van der Waals surface area contributed by atoms with E-state index in [2.05, 4.69) is 53.1 Å². The first-order chi connectivity index (χ1) is 9.45. The Morgan fingerprint density at radius 2 is 1.53 bits per heavy atom. The van der Waals surface area contributed by atoms with Crippen LogP contribution < -0.4 is 0 Å². The van der Waals surface area contributed by atoms with Crippen molar-refractivity contribution in [1.82, 2.24) is 4.40 Å². The van der Waals surface area contributed by atoms with Crippen molar-refractivity contribution < 1.29 is 0 Å². The maximum Gasteiger partial charge on any atom is 0.0531 e. The van der Waals surface area contributed by atoms with E-state index in [0.717, 1.165) is 5.92 Å². The van der Waals surface area contributed by atoms with Crippen LogP contribution in [-0.2, 0) is 0 Å². The van der Waals surface area contributed by atoms with Crippen molar-refractivity contribution in [2.24, 2.45) is 0 Å². The van der Waals surface area contributed by atoms with Crippen LogP contribution in [0.3, 0.4) is 0 Å². The Morgan fingerprint density at radius 3 is 2.37 bits per heavy atom. The van der Waals surface area contributed by atoms with Crippen molar-refractivity contribution in [3.63, 3.8) is 0 Å². The van der Waals surface area contributed by atoms with Crippen LogP contribution in [0.1, 0.15) is 43.7 Å². The van der Waals surface area contributed by atoms with Crippen molar-refractivity contribution in [2.75, 3.05) is 0 Å². The average molecular weight is 249 g/mol. The molecule has 0 saturated heterocycles. The molecule has 2 aromatic heterocycles. The Hall–Kier alpha value is -1.76. The molecule has 0 atom stereocenters. The van der Waals surface area contributed by atoms with Crippen molar-refractivity contribution in [3.8, 4) is 0 Å². The number of rotatable bonds is 1. The number of aromatic nitrogens is 1. The minimum absolute atomic E-state index is 0.739. The van der Waals surface area contributed by atoms with Gasteiger partial charge in [-0.25, -0.2) is 0 Å². The first-order valence-corrected chi connectivity index (χ1v) is 7.43. The molecule has 0 bridgehead atoms. The second-order valence-corrected chi connectivity index (χ2v) is 5.72. The molecule has 1 aromatic carbocycles. The lowest BCUT2D eigenvalue weighted by atomic mass is 9.86. The summed E-state index contributed by atoms with van der Waals surface area (Å²) in [7, 11) is 0. The standard InChI is InChI=1S/C18H19N/c1-2-8-14(9-3-1)18-16-11-5-4-10-15(16)17-12-6-7-13-19(17)18/h4-7,10-14H,1-3,8-9H2. The number of fused-ring (bicyclic) bond motifs is 3. The highest BCUT2D eigenvalue weighted by Gasteiger charge is 2.21. The molecule has 0 aliphatic heterocycles. The monoisotopic (exact) mass is 249 g/mol. The van der Waals surface area contributed by atoms with Gasteiger partial charge < -0.3 is 4.40 Å². The van der Waals surface area contributed by atoms with Gasteiger partial charge in [-0.15, -0.1) is 0 Å². The summed E-state index contributed by atoms with van der Waals surface area (Å²) < 4.78 is 2.43. The van der Waals surface area contributed by atoms with E-state index in [9.17, 15) is 0 Å². The molecule has 0 radical (unpaired) electrons. The SMILES string of the molecule is c1ccc2c(c1)c(C1CCCCC1)n1ccccc21. The third-order valence-corrected chi connectivity index (χ3v) is 4.59. The highest BCUT2D eigenvalue weighted by Crippen LogP contribution is 2.38. The van der Waals surface area contributed by atoms with Gasteiger partial charge in [0.05, 0.1) is 5.52 Å². The van der Waals surface area contributed by atoms with Crippen LogP contribution in [-0.4, -0.2) is 4.40 Å². The minimum Gasteiger partial charge on any atom is -0.319 e. The Balaban J connectivity index is 2.04. The Labute approximate surface area is 113 Å². The molecule has 1 fully saturated rings. The molecule has 3 aromatic rings. The van der Waals surface area contributed by atoms with Gasteiger partial charge in [0, 0.05) is 28.6 Å². The summed E-state index contributed by atoms with van der Waals surface area (Å²) in [5.41, 5.74) is 2.91. The van der Waals surface area contributed by atoms with Gasteiger partial charge in [0.1, 0.15) is 0 Å². The fourth-order valence-electron chi connectivity index (χ4n) is 3.72. The van der Waals surface area contributed by atoms with Gasteiger partial charge in [-0.3, -0.25) is 0 Å². The summed E-state index contributed by atoms with van der Waals surface area (Å²) in [6.45, 7) is 0. The number of benzene rings is 1. The van der Waals surface area contributed by atoms with Crippen LogP contribution in [0.25, 0.3) is 16.3 Å². The maximum atomic E-state index is 2.43. The predicted octanol–water partition coefficient (Wildman–Crippen LogP) is 5.14. The Morgan fingerprint density at radius 1 is 0.789 bits per heavy atom. The molecule has 2 heterocycles. The molecule has 4 rings (SSSR count). The topological polar surface area (TPSA) is 4.41 Å². The molecule has 1 heteroatoms. The number of pyridine rings is 1. The molecule has 0 amide bonds. The van der Waals surface area contributed by atoms with E-state index in [4.69, 9.17) is 0 Å². The third-order valence-electron chi connectivity index (χ3n) is 4.59. The van der Waals surface area contributed by atoms with Crippen LogP contribution in [0.15, 0.2) is 48.7 Å². The van der Waals surface area contributed by atoms with E-state index in [0.29, 0.717) is 0 Å². The highest BCUT2D eigenvalue weighted by molar-refractivity contribution is 5.99. The lowest BCUT2D eigenvalue weighted by Gasteiger charge is -2.22. The summed E-state index contributed by atoms with van der Waals surface area (Å²) in [5.74, 6) is 0.739. The molecule has 19 heavy (non-hydrogen) atoms. The highest BCUT2D eigenvalue weighted by atomic mass is 14.9. The van der Waals surface area contributed by atoms with Crippen molar-refractivity contribution in [1.29, 1.82) is 0 Å². The first kappa shape index (κ1) is 11.1. The third kappa shape index (κ3) is 1.68. The summed E-state index contributed by atoms with van der Waals surface area (Å²) in [6.07, 6.45) is 9.13. The molecule has 0 spiro atoms. The van der Waals surface area contributed by atoms with Crippen molar-refractivity contribution >= 4 is 16.3 Å². The van der Waals surface area contributed by atoms with Gasteiger partial charge in [0.15, 0.2) is 0 Å². The van der Waals surface area contributed by atoms with Gasteiger partial charge in [0.25, 0.3) is 0 Å². The quantitative estimate of drug-likeness (QED) is 0.562. The lowest BCUT2D eigenvalue weighted by Crippen LogP contribution is -2.07. The fourth-order valence-corrected chi connectivity index (χ4v) is 3.72. The summed E-state index contributed by atoms with van der Waals surface area (Å²) in [6, 6.07) is 15.4. The number of nitrogens with zero attached hydrogens (tertiary/aromatic N) is 1. The first-order valence-electron chi connectivity index (χ1n) is 7.43. The van der Waals surface area contributed by atoms with Crippen LogP contribution in [0, 0.1) is 0 Å². The molecule has 0 unspecified atom stereocenters. The molecule has 1 aliphatic carbocycles. The van der Waals surface area contributed by atoms with E-state index in [-0.39, 0.29) is 0 Å². The molecular weight excluding hydrogens is 230 g/mol. The maximum absolute atomic E-state index is 2.43. The Kier molecular flexibility index (Phi) is 2.58. The van der Waals surface area contributed by atoms with Gasteiger partial charge in [-0.05, 0) is 25.0 Å². The summed E-state index contributed by atoms with van der Waals surface area (Å²) in [5, 5.41) is 2.87. The fraction of sp³-hybridized carbons (Fsp3) is 0.333. The van der Waals surface area contributed by atoms with Crippen molar-refractivity contribution in [2.45, 2.75) is 38.0 Å². The van der Waals surface area contributed by atoms with Gasteiger partial charge in [-0.1, -0.05) is 49.6 Å². The zero-order valence-electron chi connectivity index (χ0n) is 11.2. The summed E-state index contributed by atoms with van der Waals surface area (Å²) >= 11 is 0. The molecule has 96 valence electrons. The van der Waals surface area contributed by atoms with E-state index >= 15 is 0 Å². The summed E-state index contributed by atoms with van der Waals surface area (Å²) in [4.78, 5) is 0. The van der Waals surface area contributed by atoms with Crippen molar-refractivity contribution in [3.05, 3.63) is 54.4 Å². The van der Waals surface area contributed by atoms with Crippen LogP contribution in [0.2, 0.25) is 0 Å². The Bertz CT molecular complexity index is 663. The van der Waals surface area contributed by atoms with E-state index in [1.165, 1.54) is 48.4 Å². The van der Waals surface area contributed by atoms with Crippen LogP contribution >= 0.6 is 0 Å². The molecule has 1 aliphatic rings. The molecule has 1 nitrogen and oxygen atoms in total. The zero-order valence-corrected chi connectivity index (χ0v) is 11.2. The second kappa shape index (κ2) is 4.41. The molecular formula is C18H19N. The van der Waals surface area contributed by atoms with Crippen LogP contribution in [0.4, 0.5) is 0 Å². The number of hydrogen-bond donors (Lipinski definition) is 0. The second-order valence-electron chi connectivity index (χ2n) is 5.72. The van der Waals surface area contributed by atoms with E-state index in [1.54, 1.807) is 5.69 Å². The van der Waals surface area contributed by atoms with Gasteiger partial charge >= 0.3 is 0 Å². The lowest BCUT2D eigenvalue weighted by molar-refractivity contribution is 0.437. The van der Waals surface area contributed by atoms with Gasteiger partial charge in [0.2, 0.25) is 0 Å².